The van der Waals surface area contributed by atoms with Crippen molar-refractivity contribution in [3.63, 3.8) is 0 Å². The number of rotatable bonds is 6. The molecule has 1 amide bonds. The first-order chi connectivity index (χ1) is 21.7. The van der Waals surface area contributed by atoms with E-state index in [9.17, 15) is 18.4 Å². The van der Waals surface area contributed by atoms with Crippen LogP contribution in [-0.2, 0) is 4.79 Å². The molecule has 0 saturated carbocycles. The highest BCUT2D eigenvalue weighted by Crippen LogP contribution is 2.37. The van der Waals surface area contributed by atoms with Gasteiger partial charge in [-0.3, -0.25) is 9.78 Å². The smallest absolute Gasteiger partial charge is 0.340 e. The molecule has 1 aliphatic rings. The van der Waals surface area contributed by atoms with Crippen molar-refractivity contribution in [2.75, 3.05) is 11.9 Å². The van der Waals surface area contributed by atoms with Crippen molar-refractivity contribution >= 4 is 23.2 Å². The van der Waals surface area contributed by atoms with E-state index in [1.54, 1.807) is 55.6 Å². The quantitative estimate of drug-likeness (QED) is 0.224. The number of fused-ring (bicyclic) bond motifs is 4. The number of hydrogen-bond donors (Lipinski definition) is 1. The minimum absolute atomic E-state index is 0.0463. The fourth-order valence-corrected chi connectivity index (χ4v) is 5.64. The van der Waals surface area contributed by atoms with E-state index in [0.29, 0.717) is 69.5 Å². The molecule has 232 valence electrons. The van der Waals surface area contributed by atoms with Gasteiger partial charge in [0.1, 0.15) is 5.76 Å². The molecule has 0 saturated heterocycles. The monoisotopic (exact) mass is 635 g/mol. The number of carbonyl (C=O) groups excluding carboxylic acids is 1. The van der Waals surface area contributed by atoms with Gasteiger partial charge in [-0.05, 0) is 62.2 Å². The maximum Gasteiger partial charge on any atom is 0.340 e. The average Bonchev–Trinajstić information content (AvgIpc) is 3.67. The number of halogens is 3. The summed E-state index contributed by atoms with van der Waals surface area (Å²) in [7, 11) is 0. The van der Waals surface area contributed by atoms with E-state index < -0.39 is 24.0 Å². The second-order valence-corrected chi connectivity index (χ2v) is 11.0. The van der Waals surface area contributed by atoms with Gasteiger partial charge in [0.25, 0.3) is 5.88 Å². The lowest BCUT2D eigenvalue weighted by atomic mass is 9.88. The molecule has 0 spiro atoms. The van der Waals surface area contributed by atoms with Gasteiger partial charge in [0.05, 0.1) is 36.1 Å². The molecule has 2 atom stereocenters. The van der Waals surface area contributed by atoms with E-state index in [4.69, 9.17) is 20.8 Å². The minimum Gasteiger partial charge on any atom is -0.476 e. The molecule has 14 heteroatoms. The molecule has 0 radical (unpaired) electrons. The number of ether oxygens (including phenoxy) is 1. The molecule has 1 aromatic carbocycles. The van der Waals surface area contributed by atoms with Crippen LogP contribution in [0.15, 0.2) is 70.3 Å². The SMILES string of the molecule is CCOc1cn(-c2ccc(Cl)cc2-c2ccc(C3CCC[C@@H](C)C(=O)Nc4cnn(C(F)F)c4-c4ccnc3c4)c(=O)o2)nn1. The van der Waals surface area contributed by atoms with Gasteiger partial charge in [-0.25, -0.2) is 14.2 Å². The lowest BCUT2D eigenvalue weighted by molar-refractivity contribution is -0.119. The molecule has 1 aliphatic heterocycles. The van der Waals surface area contributed by atoms with Crippen molar-refractivity contribution in [3.05, 3.63) is 87.8 Å². The number of anilines is 1. The predicted molar refractivity (Wildman–Crippen MR) is 162 cm³/mol. The third-order valence-corrected chi connectivity index (χ3v) is 7.93. The zero-order chi connectivity index (χ0) is 31.7. The van der Waals surface area contributed by atoms with Crippen molar-refractivity contribution in [1.82, 2.24) is 29.8 Å². The number of nitrogens with zero attached hydrogens (tertiary/aromatic N) is 6. The Kier molecular flexibility index (Phi) is 8.44. The molecule has 4 aromatic heterocycles. The standard InChI is InChI=1S/C31H28ClF2N7O4/c1-3-44-27-16-40(39-38-27)25-9-7-19(32)14-22(25)26-10-8-21(30(43)45-26)20-6-4-5-17(2)29(42)37-24-15-36-41(31(33)34)28(24)18-11-12-35-23(20)13-18/h7-17,20,31H,3-6H2,1-2H3,(H,37,42)/t17-,20?/m1/s1. The Morgan fingerprint density at radius 3 is 2.78 bits per heavy atom. The summed E-state index contributed by atoms with van der Waals surface area (Å²) in [6.45, 7) is 1.08. The highest BCUT2D eigenvalue weighted by atomic mass is 35.5. The third kappa shape index (κ3) is 6.07. The Labute approximate surface area is 260 Å². The van der Waals surface area contributed by atoms with E-state index in [1.807, 2.05) is 6.92 Å². The van der Waals surface area contributed by atoms with Crippen molar-refractivity contribution < 1.29 is 22.7 Å². The van der Waals surface area contributed by atoms with Crippen LogP contribution in [0.1, 0.15) is 56.8 Å². The van der Waals surface area contributed by atoms with Crippen LogP contribution in [0.2, 0.25) is 5.02 Å². The molecule has 0 aliphatic carbocycles. The normalized spacial score (nSPS) is 16.9. The highest BCUT2D eigenvalue weighted by Gasteiger charge is 2.27. The van der Waals surface area contributed by atoms with Crippen molar-refractivity contribution in [2.45, 2.75) is 45.6 Å². The van der Waals surface area contributed by atoms with E-state index >= 15 is 0 Å². The van der Waals surface area contributed by atoms with Crippen LogP contribution in [0.25, 0.3) is 28.3 Å². The lowest BCUT2D eigenvalue weighted by Crippen LogP contribution is -2.22. The van der Waals surface area contributed by atoms with Gasteiger partial charge in [0, 0.05) is 45.4 Å². The maximum absolute atomic E-state index is 13.9. The molecule has 11 nitrogen and oxygen atoms in total. The Hall–Kier alpha value is -4.91. The summed E-state index contributed by atoms with van der Waals surface area (Å²) in [4.78, 5) is 31.1. The van der Waals surface area contributed by atoms with Crippen LogP contribution in [0.3, 0.4) is 0 Å². The summed E-state index contributed by atoms with van der Waals surface area (Å²) in [6, 6.07) is 11.6. The van der Waals surface area contributed by atoms with Gasteiger partial charge in [0.15, 0.2) is 0 Å². The zero-order valence-corrected chi connectivity index (χ0v) is 25.0. The van der Waals surface area contributed by atoms with Crippen molar-refractivity contribution in [2.24, 2.45) is 5.92 Å². The van der Waals surface area contributed by atoms with Crippen LogP contribution in [-0.4, -0.2) is 42.3 Å². The molecule has 1 N–H and O–H groups in total. The Morgan fingerprint density at radius 1 is 1.16 bits per heavy atom. The number of hydrogen-bond acceptors (Lipinski definition) is 8. The molecule has 2 bridgehead atoms. The summed E-state index contributed by atoms with van der Waals surface area (Å²) in [5, 5.41) is 15.1. The van der Waals surface area contributed by atoms with Gasteiger partial charge < -0.3 is 14.5 Å². The molecule has 5 heterocycles. The average molecular weight is 636 g/mol. The first kappa shape index (κ1) is 30.1. The van der Waals surface area contributed by atoms with E-state index in [0.717, 1.165) is 0 Å². The predicted octanol–water partition coefficient (Wildman–Crippen LogP) is 6.48. The maximum atomic E-state index is 13.9. The Bertz CT molecular complexity index is 1920. The van der Waals surface area contributed by atoms with E-state index in [-0.39, 0.29) is 23.0 Å². The van der Waals surface area contributed by atoms with Gasteiger partial charge in [-0.2, -0.15) is 13.9 Å². The van der Waals surface area contributed by atoms with Crippen LogP contribution in [0, 0.1) is 5.92 Å². The number of nitrogens with one attached hydrogen (secondary N) is 1. The number of aromatic nitrogens is 6. The molecule has 6 rings (SSSR count). The topological polar surface area (TPSA) is 130 Å². The summed E-state index contributed by atoms with van der Waals surface area (Å²) < 4.78 is 41.3. The van der Waals surface area contributed by atoms with E-state index in [1.165, 1.54) is 17.1 Å². The number of carbonyl (C=O) groups is 1. The van der Waals surface area contributed by atoms with Gasteiger partial charge in [0.2, 0.25) is 5.91 Å². The van der Waals surface area contributed by atoms with Crippen LogP contribution < -0.4 is 15.7 Å². The first-order valence-electron chi connectivity index (χ1n) is 14.4. The van der Waals surface area contributed by atoms with Crippen molar-refractivity contribution in [3.8, 4) is 34.1 Å². The van der Waals surface area contributed by atoms with Gasteiger partial charge in [-0.1, -0.05) is 35.3 Å². The fourth-order valence-electron chi connectivity index (χ4n) is 5.47. The highest BCUT2D eigenvalue weighted by molar-refractivity contribution is 6.31. The Balaban J connectivity index is 1.43. The summed E-state index contributed by atoms with van der Waals surface area (Å²) in [6.07, 6.45) is 5.85. The Morgan fingerprint density at radius 2 is 2.00 bits per heavy atom. The van der Waals surface area contributed by atoms with Crippen molar-refractivity contribution in [1.29, 1.82) is 0 Å². The largest absolute Gasteiger partial charge is 0.476 e. The van der Waals surface area contributed by atoms with Crippen LogP contribution >= 0.6 is 11.6 Å². The number of pyridine rings is 1. The number of benzene rings is 1. The number of amides is 1. The number of alkyl halides is 2. The zero-order valence-electron chi connectivity index (χ0n) is 24.3. The second-order valence-electron chi connectivity index (χ2n) is 10.6. The lowest BCUT2D eigenvalue weighted by Gasteiger charge is -2.20. The molecule has 5 aromatic rings. The fraction of sp³-hybridized carbons (Fsp3) is 0.290. The van der Waals surface area contributed by atoms with Crippen LogP contribution in [0.5, 0.6) is 5.88 Å². The second kappa shape index (κ2) is 12.6. The summed E-state index contributed by atoms with van der Waals surface area (Å²) >= 11 is 6.33. The van der Waals surface area contributed by atoms with E-state index in [2.05, 4.69) is 25.7 Å². The minimum atomic E-state index is -2.94. The van der Waals surface area contributed by atoms with Crippen LogP contribution in [0.4, 0.5) is 14.5 Å². The molecule has 1 unspecified atom stereocenters. The molecular formula is C31H28ClF2N7O4. The van der Waals surface area contributed by atoms with Gasteiger partial charge in [-0.15, -0.1) is 0 Å². The third-order valence-electron chi connectivity index (χ3n) is 7.69. The van der Waals surface area contributed by atoms with Gasteiger partial charge >= 0.3 is 12.2 Å². The first-order valence-corrected chi connectivity index (χ1v) is 14.7. The summed E-state index contributed by atoms with van der Waals surface area (Å²) in [5.74, 6) is -0.680. The molecular weight excluding hydrogens is 608 g/mol. The summed E-state index contributed by atoms with van der Waals surface area (Å²) in [5.41, 5.74) is 1.89. The molecule has 45 heavy (non-hydrogen) atoms. The molecule has 0 fully saturated rings.